The third-order valence-corrected chi connectivity index (χ3v) is 5.26. The lowest BCUT2D eigenvalue weighted by atomic mass is 9.90. The molecule has 6 heteroatoms. The predicted octanol–water partition coefficient (Wildman–Crippen LogP) is 3.59. The number of anilines is 1. The molecule has 0 saturated carbocycles. The van der Waals surface area contributed by atoms with Gasteiger partial charge in [0.1, 0.15) is 0 Å². The maximum atomic E-state index is 12.5. The molecule has 1 aromatic heterocycles. The second kappa shape index (κ2) is 7.78. The molecule has 1 unspecified atom stereocenters. The first-order valence-electron chi connectivity index (χ1n) is 8.68. The van der Waals surface area contributed by atoms with Crippen LogP contribution in [0.25, 0.3) is 0 Å². The summed E-state index contributed by atoms with van der Waals surface area (Å²) in [5.41, 5.74) is 1.43. The molecule has 0 radical (unpaired) electrons. The number of hydrogen-bond donors (Lipinski definition) is 2. The molecule has 5 nitrogen and oxygen atoms in total. The van der Waals surface area contributed by atoms with Gasteiger partial charge in [0.15, 0.2) is 5.13 Å². The van der Waals surface area contributed by atoms with Crippen LogP contribution in [0.1, 0.15) is 53.5 Å². The topological polar surface area (TPSA) is 71.1 Å². The van der Waals surface area contributed by atoms with Gasteiger partial charge in [0.25, 0.3) is 5.91 Å². The largest absolute Gasteiger partial charge is 0.355 e. The van der Waals surface area contributed by atoms with Crippen molar-refractivity contribution < 1.29 is 9.59 Å². The normalized spacial score (nSPS) is 16.4. The van der Waals surface area contributed by atoms with Crippen molar-refractivity contribution in [2.45, 2.75) is 39.0 Å². The van der Waals surface area contributed by atoms with E-state index in [4.69, 9.17) is 0 Å². The highest BCUT2D eigenvalue weighted by atomic mass is 32.1. The van der Waals surface area contributed by atoms with E-state index in [2.05, 4.69) is 29.5 Å². The monoisotopic (exact) mass is 357 g/mol. The van der Waals surface area contributed by atoms with Gasteiger partial charge in [-0.05, 0) is 37.3 Å². The van der Waals surface area contributed by atoms with Crippen molar-refractivity contribution in [2.24, 2.45) is 5.92 Å². The van der Waals surface area contributed by atoms with Crippen molar-refractivity contribution in [3.8, 4) is 0 Å². The van der Waals surface area contributed by atoms with Crippen molar-refractivity contribution >= 4 is 28.3 Å². The van der Waals surface area contributed by atoms with Gasteiger partial charge < -0.3 is 5.32 Å². The van der Waals surface area contributed by atoms with E-state index in [0.717, 1.165) is 29.8 Å². The average Bonchev–Trinajstić information content (AvgIpc) is 3.02. The molecule has 0 saturated heterocycles. The summed E-state index contributed by atoms with van der Waals surface area (Å²) in [6.07, 6.45) is 2.70. The van der Waals surface area contributed by atoms with Crippen LogP contribution in [0.2, 0.25) is 0 Å². The van der Waals surface area contributed by atoms with Crippen LogP contribution in [0.3, 0.4) is 0 Å². The van der Waals surface area contributed by atoms with Crippen molar-refractivity contribution in [3.05, 3.63) is 46.5 Å². The zero-order chi connectivity index (χ0) is 17.8. The average molecular weight is 357 g/mol. The Kier molecular flexibility index (Phi) is 5.48. The third kappa shape index (κ3) is 4.25. The fourth-order valence-corrected chi connectivity index (χ4v) is 3.97. The van der Waals surface area contributed by atoms with Crippen LogP contribution in [0.15, 0.2) is 30.3 Å². The van der Waals surface area contributed by atoms with Gasteiger partial charge in [-0.15, -0.1) is 11.3 Å². The Morgan fingerprint density at radius 1 is 1.28 bits per heavy atom. The molecule has 2 N–H and O–H groups in total. The van der Waals surface area contributed by atoms with Crippen LogP contribution in [-0.4, -0.2) is 23.3 Å². The van der Waals surface area contributed by atoms with E-state index in [9.17, 15) is 9.59 Å². The Hall–Kier alpha value is -2.21. The molecular formula is C19H23N3O2S. The van der Waals surface area contributed by atoms with Crippen LogP contribution in [0.5, 0.6) is 0 Å². The minimum absolute atomic E-state index is 0.0425. The number of aromatic nitrogens is 1. The molecule has 132 valence electrons. The first-order chi connectivity index (χ1) is 12.0. The molecule has 2 amide bonds. The van der Waals surface area contributed by atoms with Gasteiger partial charge in [0.05, 0.1) is 11.6 Å². The molecule has 0 spiro atoms. The number of hydrogen-bond acceptors (Lipinski definition) is 4. The number of aryl methyl sites for hydroxylation is 1. The van der Waals surface area contributed by atoms with E-state index in [1.54, 1.807) is 12.1 Å². The summed E-state index contributed by atoms with van der Waals surface area (Å²) in [5, 5.41) is 6.44. The standard InChI is InChI=1S/C19H23N3O2S/c1-12(2)11-20-18(24)14-9-6-10-15-16(14)21-19(25-15)22-17(23)13-7-4-3-5-8-13/h3-5,7-8,12,14H,6,9-11H2,1-2H3,(H,20,24)(H,21,22,23). The van der Waals surface area contributed by atoms with Crippen molar-refractivity contribution in [1.29, 1.82) is 0 Å². The number of rotatable bonds is 5. The Bertz CT molecular complexity index is 755. The fourth-order valence-electron chi connectivity index (χ4n) is 2.91. The van der Waals surface area contributed by atoms with Gasteiger partial charge in [-0.25, -0.2) is 4.98 Å². The van der Waals surface area contributed by atoms with Crippen molar-refractivity contribution in [3.63, 3.8) is 0 Å². The van der Waals surface area contributed by atoms with Crippen LogP contribution >= 0.6 is 11.3 Å². The summed E-state index contributed by atoms with van der Waals surface area (Å²) in [7, 11) is 0. The number of nitrogens with one attached hydrogen (secondary N) is 2. The maximum absolute atomic E-state index is 12.5. The smallest absolute Gasteiger partial charge is 0.257 e. The highest BCUT2D eigenvalue weighted by Gasteiger charge is 2.30. The molecule has 1 aliphatic rings. The zero-order valence-corrected chi connectivity index (χ0v) is 15.4. The second-order valence-electron chi connectivity index (χ2n) is 6.73. The Morgan fingerprint density at radius 3 is 2.76 bits per heavy atom. The Morgan fingerprint density at radius 2 is 2.04 bits per heavy atom. The zero-order valence-electron chi connectivity index (χ0n) is 14.5. The number of carbonyl (C=O) groups is 2. The van der Waals surface area contributed by atoms with Gasteiger partial charge in [-0.1, -0.05) is 32.0 Å². The first-order valence-corrected chi connectivity index (χ1v) is 9.50. The summed E-state index contributed by atoms with van der Waals surface area (Å²) in [6.45, 7) is 4.83. The van der Waals surface area contributed by atoms with Crippen LogP contribution in [-0.2, 0) is 11.2 Å². The number of thiazole rings is 1. The molecule has 3 rings (SSSR count). The lowest BCUT2D eigenvalue weighted by molar-refractivity contribution is -0.123. The highest BCUT2D eigenvalue weighted by molar-refractivity contribution is 7.15. The van der Waals surface area contributed by atoms with Crippen LogP contribution in [0.4, 0.5) is 5.13 Å². The second-order valence-corrected chi connectivity index (χ2v) is 7.82. The molecule has 1 atom stereocenters. The van der Waals surface area contributed by atoms with Crippen LogP contribution < -0.4 is 10.6 Å². The van der Waals surface area contributed by atoms with Gasteiger partial charge in [0.2, 0.25) is 5.91 Å². The van der Waals surface area contributed by atoms with E-state index in [-0.39, 0.29) is 17.7 Å². The Balaban J connectivity index is 1.73. The maximum Gasteiger partial charge on any atom is 0.257 e. The molecule has 2 aromatic rings. The number of nitrogens with zero attached hydrogens (tertiary/aromatic N) is 1. The molecule has 1 aromatic carbocycles. The van der Waals surface area contributed by atoms with Gasteiger partial charge in [-0.2, -0.15) is 0 Å². The van der Waals surface area contributed by atoms with Crippen molar-refractivity contribution in [1.82, 2.24) is 10.3 Å². The van der Waals surface area contributed by atoms with Gasteiger partial charge in [0, 0.05) is 17.0 Å². The predicted molar refractivity (Wildman–Crippen MR) is 100 cm³/mol. The van der Waals surface area contributed by atoms with Crippen LogP contribution in [0, 0.1) is 5.92 Å². The molecular weight excluding hydrogens is 334 g/mol. The molecule has 1 heterocycles. The third-order valence-electron chi connectivity index (χ3n) is 4.21. The minimum atomic E-state index is -0.207. The fraction of sp³-hybridized carbons (Fsp3) is 0.421. The van der Waals surface area contributed by atoms with E-state index < -0.39 is 0 Å². The molecule has 25 heavy (non-hydrogen) atoms. The number of benzene rings is 1. The molecule has 0 aliphatic heterocycles. The van der Waals surface area contributed by atoms with Crippen molar-refractivity contribution in [2.75, 3.05) is 11.9 Å². The van der Waals surface area contributed by atoms with E-state index in [1.165, 1.54) is 11.3 Å². The summed E-state index contributed by atoms with van der Waals surface area (Å²) >= 11 is 1.48. The number of amides is 2. The van der Waals surface area contributed by atoms with Gasteiger partial charge in [-0.3, -0.25) is 14.9 Å². The first kappa shape index (κ1) is 17.6. The molecule has 0 fully saturated rings. The van der Waals surface area contributed by atoms with E-state index >= 15 is 0 Å². The number of carbonyl (C=O) groups excluding carboxylic acids is 2. The summed E-state index contributed by atoms with van der Waals surface area (Å²) in [6, 6.07) is 9.07. The summed E-state index contributed by atoms with van der Waals surface area (Å²) in [5.74, 6) is 0.0812. The highest BCUT2D eigenvalue weighted by Crippen LogP contribution is 2.37. The van der Waals surface area contributed by atoms with Gasteiger partial charge >= 0.3 is 0 Å². The SMILES string of the molecule is CC(C)CNC(=O)C1CCCc2sc(NC(=O)c3ccccc3)nc21. The quantitative estimate of drug-likeness (QED) is 0.859. The molecule has 0 bridgehead atoms. The molecule has 1 aliphatic carbocycles. The van der Waals surface area contributed by atoms with E-state index in [0.29, 0.717) is 23.2 Å². The summed E-state index contributed by atoms with van der Waals surface area (Å²) < 4.78 is 0. The Labute approximate surface area is 151 Å². The lowest BCUT2D eigenvalue weighted by Gasteiger charge is -2.20. The minimum Gasteiger partial charge on any atom is -0.355 e. The summed E-state index contributed by atoms with van der Waals surface area (Å²) in [4.78, 5) is 30.5. The lowest BCUT2D eigenvalue weighted by Crippen LogP contribution is -2.33. The number of fused-ring (bicyclic) bond motifs is 1. The van der Waals surface area contributed by atoms with E-state index in [1.807, 2.05) is 18.2 Å².